The van der Waals surface area contributed by atoms with E-state index in [2.05, 4.69) is 0 Å². The highest BCUT2D eigenvalue weighted by Crippen LogP contribution is 2.28. The summed E-state index contributed by atoms with van der Waals surface area (Å²) in [7, 11) is 0. The molecule has 1 heterocycles. The van der Waals surface area contributed by atoms with Crippen LogP contribution in [0.4, 0.5) is 5.69 Å². The number of fused-ring (bicyclic) bond motifs is 1. The molecule has 3 aromatic rings. The molecule has 0 unspecified atom stereocenters. The van der Waals surface area contributed by atoms with Crippen LogP contribution in [0, 0.1) is 0 Å². The summed E-state index contributed by atoms with van der Waals surface area (Å²) in [6, 6.07) is 13.2. The third-order valence-corrected chi connectivity index (χ3v) is 2.95. The molecule has 0 atom stereocenters. The second-order valence-corrected chi connectivity index (χ2v) is 4.24. The lowest BCUT2D eigenvalue weighted by Crippen LogP contribution is -2.00. The number of hydrogen-bond donors (Lipinski definition) is 2. The summed E-state index contributed by atoms with van der Waals surface area (Å²) in [6.45, 7) is 0. The van der Waals surface area contributed by atoms with Crippen molar-refractivity contribution < 1.29 is 9.52 Å². The zero-order valence-electron chi connectivity index (χ0n) is 9.96. The van der Waals surface area contributed by atoms with Gasteiger partial charge in [-0.2, -0.15) is 0 Å². The van der Waals surface area contributed by atoms with E-state index in [0.717, 1.165) is 0 Å². The van der Waals surface area contributed by atoms with Crippen LogP contribution >= 0.6 is 0 Å². The van der Waals surface area contributed by atoms with E-state index in [1.807, 2.05) is 0 Å². The second-order valence-electron chi connectivity index (χ2n) is 4.24. The van der Waals surface area contributed by atoms with E-state index in [1.165, 1.54) is 12.1 Å². The molecule has 0 aliphatic heterocycles. The molecule has 0 radical (unpaired) electrons. The summed E-state index contributed by atoms with van der Waals surface area (Å²) >= 11 is 0. The highest BCUT2D eigenvalue weighted by atomic mass is 16.3. The Labute approximate surface area is 108 Å². The van der Waals surface area contributed by atoms with Crippen LogP contribution in [-0.2, 0) is 0 Å². The molecule has 0 bridgehead atoms. The van der Waals surface area contributed by atoms with Gasteiger partial charge in [0.15, 0.2) is 5.43 Å². The first kappa shape index (κ1) is 11.3. The standard InChI is InChI=1S/C15H11NO3/c16-11-7-9(5-6-12(11)17)15-8-13(18)10-3-1-2-4-14(10)19-15/h1-8,17H,16H2. The van der Waals surface area contributed by atoms with Crippen LogP contribution in [-0.4, -0.2) is 5.11 Å². The summed E-state index contributed by atoms with van der Waals surface area (Å²) in [5.41, 5.74) is 6.95. The first-order valence-corrected chi connectivity index (χ1v) is 5.77. The molecule has 0 saturated heterocycles. The summed E-state index contributed by atoms with van der Waals surface area (Å²) in [5.74, 6) is 0.433. The molecule has 0 fully saturated rings. The van der Waals surface area contributed by atoms with E-state index >= 15 is 0 Å². The highest BCUT2D eigenvalue weighted by Gasteiger charge is 2.08. The van der Waals surface area contributed by atoms with E-state index in [9.17, 15) is 9.90 Å². The van der Waals surface area contributed by atoms with Gasteiger partial charge in [0.05, 0.1) is 11.1 Å². The molecular weight excluding hydrogens is 242 g/mol. The van der Waals surface area contributed by atoms with Gasteiger partial charge >= 0.3 is 0 Å². The zero-order valence-corrected chi connectivity index (χ0v) is 9.96. The Morgan fingerprint density at radius 2 is 1.84 bits per heavy atom. The van der Waals surface area contributed by atoms with Crippen molar-refractivity contribution in [2.75, 3.05) is 5.73 Å². The lowest BCUT2D eigenvalue weighted by Gasteiger charge is -2.05. The third-order valence-electron chi connectivity index (χ3n) is 2.95. The molecule has 1 aromatic heterocycles. The van der Waals surface area contributed by atoms with Gasteiger partial charge in [0.1, 0.15) is 17.1 Å². The van der Waals surface area contributed by atoms with Crippen molar-refractivity contribution in [1.29, 1.82) is 0 Å². The summed E-state index contributed by atoms with van der Waals surface area (Å²) in [5, 5.41) is 9.94. The Balaban J connectivity index is 2.25. The van der Waals surface area contributed by atoms with Crippen LogP contribution in [0.3, 0.4) is 0 Å². The fourth-order valence-corrected chi connectivity index (χ4v) is 1.95. The normalized spacial score (nSPS) is 10.7. The fourth-order valence-electron chi connectivity index (χ4n) is 1.95. The monoisotopic (exact) mass is 253 g/mol. The molecule has 0 spiro atoms. The Morgan fingerprint density at radius 3 is 2.63 bits per heavy atom. The first-order chi connectivity index (χ1) is 9.15. The van der Waals surface area contributed by atoms with Crippen molar-refractivity contribution >= 4 is 16.7 Å². The van der Waals surface area contributed by atoms with Gasteiger partial charge in [-0.3, -0.25) is 4.79 Å². The maximum atomic E-state index is 12.0. The van der Waals surface area contributed by atoms with Gasteiger partial charge in [-0.05, 0) is 30.3 Å². The Morgan fingerprint density at radius 1 is 1.05 bits per heavy atom. The predicted molar refractivity (Wildman–Crippen MR) is 74.0 cm³/mol. The topological polar surface area (TPSA) is 76.5 Å². The van der Waals surface area contributed by atoms with Gasteiger partial charge in [0, 0.05) is 11.6 Å². The number of hydrogen-bond acceptors (Lipinski definition) is 4. The lowest BCUT2D eigenvalue weighted by atomic mass is 10.1. The van der Waals surface area contributed by atoms with E-state index in [4.69, 9.17) is 10.2 Å². The largest absolute Gasteiger partial charge is 0.506 e. The minimum atomic E-state index is -0.108. The van der Waals surface area contributed by atoms with Crippen LogP contribution in [0.25, 0.3) is 22.3 Å². The predicted octanol–water partition coefficient (Wildman–Crippen LogP) is 2.75. The van der Waals surface area contributed by atoms with E-state index in [0.29, 0.717) is 22.3 Å². The molecule has 0 aliphatic rings. The number of rotatable bonds is 1. The molecule has 4 heteroatoms. The van der Waals surface area contributed by atoms with Gasteiger partial charge in [-0.25, -0.2) is 0 Å². The number of aromatic hydroxyl groups is 1. The van der Waals surface area contributed by atoms with Crippen LogP contribution in [0.1, 0.15) is 0 Å². The minimum Gasteiger partial charge on any atom is -0.506 e. The molecule has 3 N–H and O–H groups in total. The lowest BCUT2D eigenvalue weighted by molar-refractivity contribution is 0.478. The van der Waals surface area contributed by atoms with Crippen LogP contribution in [0.15, 0.2) is 57.7 Å². The molecule has 2 aromatic carbocycles. The van der Waals surface area contributed by atoms with E-state index < -0.39 is 0 Å². The maximum Gasteiger partial charge on any atom is 0.193 e. The molecule has 19 heavy (non-hydrogen) atoms. The van der Waals surface area contributed by atoms with Crippen molar-refractivity contribution in [3.05, 3.63) is 58.8 Å². The number of anilines is 1. The Bertz CT molecular complexity index is 821. The van der Waals surface area contributed by atoms with Crippen molar-refractivity contribution in [2.45, 2.75) is 0 Å². The quantitative estimate of drug-likeness (QED) is 0.516. The van der Waals surface area contributed by atoms with Crippen LogP contribution in [0.2, 0.25) is 0 Å². The summed E-state index contributed by atoms with van der Waals surface area (Å²) in [4.78, 5) is 12.0. The third kappa shape index (κ3) is 1.93. The zero-order chi connectivity index (χ0) is 13.4. The average Bonchev–Trinajstić information content (AvgIpc) is 2.42. The molecule has 0 aliphatic carbocycles. The summed E-state index contributed by atoms with van der Waals surface area (Å²) in [6.07, 6.45) is 0. The van der Waals surface area contributed by atoms with E-state index in [1.54, 1.807) is 36.4 Å². The number of nitrogens with two attached hydrogens (primary N) is 1. The second kappa shape index (κ2) is 4.17. The SMILES string of the molecule is Nc1cc(-c2cc(=O)c3ccccc3o2)ccc1O. The van der Waals surface area contributed by atoms with Crippen molar-refractivity contribution in [2.24, 2.45) is 0 Å². The van der Waals surface area contributed by atoms with Crippen molar-refractivity contribution in [3.8, 4) is 17.1 Å². The van der Waals surface area contributed by atoms with Gasteiger partial charge < -0.3 is 15.3 Å². The molecule has 0 saturated carbocycles. The smallest absolute Gasteiger partial charge is 0.193 e. The molecule has 94 valence electrons. The minimum absolute atomic E-state index is 0.00638. The van der Waals surface area contributed by atoms with Crippen LogP contribution in [0.5, 0.6) is 5.75 Å². The maximum absolute atomic E-state index is 12.0. The van der Waals surface area contributed by atoms with Crippen molar-refractivity contribution in [3.63, 3.8) is 0 Å². The number of phenolic OH excluding ortho intramolecular Hbond substituents is 1. The van der Waals surface area contributed by atoms with E-state index in [-0.39, 0.29) is 16.9 Å². The Hall–Kier alpha value is -2.75. The number of nitrogen functional groups attached to an aromatic ring is 1. The summed E-state index contributed by atoms with van der Waals surface area (Å²) < 4.78 is 5.69. The molecule has 4 nitrogen and oxygen atoms in total. The fraction of sp³-hybridized carbons (Fsp3) is 0. The van der Waals surface area contributed by atoms with Gasteiger partial charge in [-0.1, -0.05) is 12.1 Å². The number of para-hydroxylation sites is 1. The van der Waals surface area contributed by atoms with Gasteiger partial charge in [-0.15, -0.1) is 0 Å². The van der Waals surface area contributed by atoms with Gasteiger partial charge in [0.25, 0.3) is 0 Å². The number of phenols is 1. The molecular formula is C15H11NO3. The average molecular weight is 253 g/mol. The van der Waals surface area contributed by atoms with Crippen LogP contribution < -0.4 is 11.2 Å². The first-order valence-electron chi connectivity index (χ1n) is 5.77. The molecule has 0 amide bonds. The number of benzene rings is 2. The van der Waals surface area contributed by atoms with Gasteiger partial charge in [0.2, 0.25) is 0 Å². The Kier molecular flexibility index (Phi) is 2.49. The molecule has 3 rings (SSSR count). The highest BCUT2D eigenvalue weighted by molar-refractivity contribution is 5.79. The van der Waals surface area contributed by atoms with Crippen molar-refractivity contribution in [1.82, 2.24) is 0 Å².